The van der Waals surface area contributed by atoms with Gasteiger partial charge in [-0.2, -0.15) is 8.78 Å². The quantitative estimate of drug-likeness (QED) is 0.347. The minimum Gasteiger partial charge on any atom is -0.481 e. The maximum Gasteiger partial charge on any atom is 0.410 e. The Hall–Kier alpha value is -2.00. The minimum absolute atomic E-state index is 0.112. The highest BCUT2D eigenvalue weighted by Crippen LogP contribution is 2.34. The second kappa shape index (κ2) is 11.4. The topological polar surface area (TPSA) is 87.1 Å². The number of carboxylic acid groups (broad SMARTS) is 1. The molecule has 1 aliphatic heterocycles. The van der Waals surface area contributed by atoms with E-state index in [0.717, 1.165) is 18.9 Å². The molecule has 6 nitrogen and oxygen atoms in total. The van der Waals surface area contributed by atoms with Crippen molar-refractivity contribution in [3.8, 4) is 0 Å². The van der Waals surface area contributed by atoms with Crippen LogP contribution in [0.1, 0.15) is 44.1 Å². The number of halogens is 3. The normalized spacial score (nSPS) is 18.5. The van der Waals surface area contributed by atoms with Crippen LogP contribution in [0.25, 0.3) is 0 Å². The average Bonchev–Trinajstić information content (AvgIpc) is 2.69. The van der Waals surface area contributed by atoms with Gasteiger partial charge < -0.3 is 19.8 Å². The summed E-state index contributed by atoms with van der Waals surface area (Å²) in [7, 11) is 0. The van der Waals surface area contributed by atoms with Gasteiger partial charge in [-0.3, -0.25) is 4.79 Å². The number of aliphatic hydroxyl groups excluding tert-OH is 1. The number of rotatable bonds is 11. The number of hydrogen-bond acceptors (Lipinski definition) is 4. The molecule has 9 heteroatoms. The Morgan fingerprint density at radius 3 is 2.77 bits per heavy atom. The fraction of sp³-hybridized carbons (Fsp3) is 0.524. The molecule has 1 amide bonds. The van der Waals surface area contributed by atoms with Gasteiger partial charge in [-0.15, -0.1) is 0 Å². The summed E-state index contributed by atoms with van der Waals surface area (Å²) < 4.78 is 34.7. The van der Waals surface area contributed by atoms with E-state index in [1.807, 2.05) is 0 Å². The smallest absolute Gasteiger partial charge is 0.410 e. The van der Waals surface area contributed by atoms with E-state index in [1.165, 1.54) is 29.2 Å². The summed E-state index contributed by atoms with van der Waals surface area (Å²) in [4.78, 5) is 24.1. The van der Waals surface area contributed by atoms with Crippen LogP contribution in [0.3, 0.4) is 0 Å². The minimum atomic E-state index is -3.48. The van der Waals surface area contributed by atoms with Crippen LogP contribution in [0.5, 0.6) is 0 Å². The van der Waals surface area contributed by atoms with Gasteiger partial charge in [0.05, 0.1) is 12.6 Å². The van der Waals surface area contributed by atoms with Gasteiger partial charge in [0.15, 0.2) is 0 Å². The number of carbonyl (C=O) groups excluding carboxylic acids is 1. The second-order valence-corrected chi connectivity index (χ2v) is 8.10. The Kier molecular flexibility index (Phi) is 9.23. The van der Waals surface area contributed by atoms with E-state index in [-0.39, 0.29) is 18.6 Å². The first kappa shape index (κ1) is 24.3. The van der Waals surface area contributed by atoms with Gasteiger partial charge in [0, 0.05) is 29.4 Å². The molecular formula is C21H26BrF2NO5. The molecule has 0 aliphatic carbocycles. The zero-order valence-corrected chi connectivity index (χ0v) is 18.1. The van der Waals surface area contributed by atoms with E-state index in [0.29, 0.717) is 30.3 Å². The SMILES string of the molecule is O=C(O)CCCCCCN1C(=O)OCC[C@@H]1C=C[C@@H](O)C(F)(F)c1cccc(Br)c1. The van der Waals surface area contributed by atoms with Gasteiger partial charge in [0.25, 0.3) is 0 Å². The summed E-state index contributed by atoms with van der Waals surface area (Å²) in [6.45, 7) is 0.556. The highest BCUT2D eigenvalue weighted by molar-refractivity contribution is 9.10. The lowest BCUT2D eigenvalue weighted by molar-refractivity contribution is -0.137. The van der Waals surface area contributed by atoms with Crippen molar-refractivity contribution in [2.24, 2.45) is 0 Å². The number of benzene rings is 1. The lowest BCUT2D eigenvalue weighted by Gasteiger charge is -2.33. The van der Waals surface area contributed by atoms with Crippen LogP contribution in [0.15, 0.2) is 40.9 Å². The third kappa shape index (κ3) is 7.05. The van der Waals surface area contributed by atoms with Crippen molar-refractivity contribution in [1.82, 2.24) is 4.90 Å². The summed E-state index contributed by atoms with van der Waals surface area (Å²) in [6.07, 6.45) is 3.15. The van der Waals surface area contributed by atoms with E-state index in [1.54, 1.807) is 6.07 Å². The van der Waals surface area contributed by atoms with Crippen LogP contribution >= 0.6 is 15.9 Å². The molecule has 1 aliphatic rings. The van der Waals surface area contributed by atoms with Crippen molar-refractivity contribution in [2.45, 2.75) is 56.6 Å². The molecule has 0 bridgehead atoms. The summed E-state index contributed by atoms with van der Waals surface area (Å²) in [5.74, 6) is -4.32. The number of aliphatic carboxylic acids is 1. The predicted octanol–water partition coefficient (Wildman–Crippen LogP) is 4.70. The molecular weight excluding hydrogens is 464 g/mol. The van der Waals surface area contributed by atoms with E-state index >= 15 is 0 Å². The summed E-state index contributed by atoms with van der Waals surface area (Å²) in [5.41, 5.74) is -0.310. The molecule has 0 aromatic heterocycles. The van der Waals surface area contributed by atoms with E-state index < -0.39 is 30.1 Å². The number of aliphatic hydroxyl groups is 1. The van der Waals surface area contributed by atoms with Crippen LogP contribution in [0.4, 0.5) is 13.6 Å². The zero-order chi connectivity index (χ0) is 22.1. The van der Waals surface area contributed by atoms with Crippen molar-refractivity contribution >= 4 is 28.0 Å². The molecule has 0 spiro atoms. The average molecular weight is 490 g/mol. The summed E-state index contributed by atoms with van der Waals surface area (Å²) in [5, 5.41) is 18.7. The van der Waals surface area contributed by atoms with Gasteiger partial charge in [-0.1, -0.05) is 53.1 Å². The molecule has 0 unspecified atom stereocenters. The van der Waals surface area contributed by atoms with E-state index in [2.05, 4.69) is 15.9 Å². The van der Waals surface area contributed by atoms with Crippen LogP contribution < -0.4 is 0 Å². The summed E-state index contributed by atoms with van der Waals surface area (Å²) >= 11 is 3.15. The second-order valence-electron chi connectivity index (χ2n) is 7.18. The van der Waals surface area contributed by atoms with Crippen molar-refractivity contribution in [2.75, 3.05) is 13.2 Å². The predicted molar refractivity (Wildman–Crippen MR) is 110 cm³/mol. The van der Waals surface area contributed by atoms with Gasteiger partial charge >= 0.3 is 18.0 Å². The number of cyclic esters (lactones) is 1. The Balaban J connectivity index is 1.95. The van der Waals surface area contributed by atoms with Gasteiger partial charge in [-0.05, 0) is 25.0 Å². The number of carbonyl (C=O) groups is 2. The fourth-order valence-electron chi connectivity index (χ4n) is 3.23. The van der Waals surface area contributed by atoms with Crippen molar-refractivity contribution in [1.29, 1.82) is 0 Å². The first-order valence-electron chi connectivity index (χ1n) is 9.87. The molecule has 2 rings (SSSR count). The highest BCUT2D eigenvalue weighted by atomic mass is 79.9. The number of ether oxygens (including phenoxy) is 1. The van der Waals surface area contributed by atoms with Crippen LogP contribution in [-0.4, -0.2) is 52.5 Å². The van der Waals surface area contributed by atoms with E-state index in [9.17, 15) is 23.5 Å². The number of nitrogens with zero attached hydrogens (tertiary/aromatic N) is 1. The number of unbranched alkanes of at least 4 members (excludes halogenated alkanes) is 3. The Morgan fingerprint density at radius 1 is 1.33 bits per heavy atom. The molecule has 1 heterocycles. The number of amides is 1. The Labute approximate surface area is 182 Å². The Morgan fingerprint density at radius 2 is 2.07 bits per heavy atom. The molecule has 1 fully saturated rings. The number of alkyl halides is 2. The van der Waals surface area contributed by atoms with Gasteiger partial charge in [0.1, 0.15) is 6.10 Å². The molecule has 0 saturated carbocycles. The largest absolute Gasteiger partial charge is 0.481 e. The number of carboxylic acids is 1. The first-order valence-corrected chi connectivity index (χ1v) is 10.7. The van der Waals surface area contributed by atoms with Crippen molar-refractivity contribution in [3.63, 3.8) is 0 Å². The first-order chi connectivity index (χ1) is 14.2. The lowest BCUT2D eigenvalue weighted by atomic mass is 10.0. The maximum absolute atomic E-state index is 14.6. The molecule has 1 saturated heterocycles. The van der Waals surface area contributed by atoms with Crippen molar-refractivity contribution < 1.29 is 33.3 Å². The molecule has 30 heavy (non-hydrogen) atoms. The van der Waals surface area contributed by atoms with Gasteiger partial charge in [0.2, 0.25) is 0 Å². The third-order valence-electron chi connectivity index (χ3n) is 4.91. The Bertz CT molecular complexity index is 759. The molecule has 1 aromatic carbocycles. The lowest BCUT2D eigenvalue weighted by Crippen LogP contribution is -2.45. The molecule has 0 radical (unpaired) electrons. The highest BCUT2D eigenvalue weighted by Gasteiger charge is 2.39. The molecule has 1 aromatic rings. The zero-order valence-electron chi connectivity index (χ0n) is 16.5. The van der Waals surface area contributed by atoms with Crippen LogP contribution in [0, 0.1) is 0 Å². The number of hydrogen-bond donors (Lipinski definition) is 2. The molecule has 2 atom stereocenters. The van der Waals surface area contributed by atoms with E-state index in [4.69, 9.17) is 9.84 Å². The van der Waals surface area contributed by atoms with Gasteiger partial charge in [-0.25, -0.2) is 4.79 Å². The van der Waals surface area contributed by atoms with Crippen molar-refractivity contribution in [3.05, 3.63) is 46.5 Å². The maximum atomic E-state index is 14.6. The van der Waals surface area contributed by atoms with Crippen LogP contribution in [-0.2, 0) is 15.5 Å². The van der Waals surface area contributed by atoms with Crippen LogP contribution in [0.2, 0.25) is 0 Å². The standard InChI is InChI=1S/C21H26BrF2NO5/c22-16-7-5-6-15(14-16)21(23,24)18(26)10-9-17-11-13-30-20(29)25(17)12-4-2-1-3-8-19(27)28/h5-7,9-10,14,17-18,26H,1-4,8,11-13H2,(H,27,28)/t17-,18+/m0/s1. The summed E-state index contributed by atoms with van der Waals surface area (Å²) in [6, 6.07) is 5.15. The monoisotopic (exact) mass is 489 g/mol. The molecule has 166 valence electrons. The molecule has 2 N–H and O–H groups in total. The fourth-order valence-corrected chi connectivity index (χ4v) is 3.63. The third-order valence-corrected chi connectivity index (χ3v) is 5.40.